The maximum Gasteiger partial charge on any atom is 0.211 e. The summed E-state index contributed by atoms with van der Waals surface area (Å²) >= 11 is 0. The number of fused-ring (bicyclic) bond motifs is 1. The molecule has 1 heterocycles. The number of benzene rings is 1. The van der Waals surface area contributed by atoms with Crippen LogP contribution in [0.25, 0.3) is 0 Å². The molecule has 0 saturated heterocycles. The minimum Gasteiger partial charge on any atom is -0.308 e. The lowest BCUT2D eigenvalue weighted by atomic mass is 9.95. The lowest BCUT2D eigenvalue weighted by Gasteiger charge is -2.27. The van der Waals surface area contributed by atoms with Crippen LogP contribution in [-0.2, 0) is 16.4 Å². The van der Waals surface area contributed by atoms with Gasteiger partial charge in [-0.25, -0.2) is 13.1 Å². The van der Waals surface area contributed by atoms with Gasteiger partial charge in [0.2, 0.25) is 10.0 Å². The van der Waals surface area contributed by atoms with Gasteiger partial charge in [-0.3, -0.25) is 0 Å². The van der Waals surface area contributed by atoms with Gasteiger partial charge in [-0.2, -0.15) is 0 Å². The number of rotatable bonds is 6. The highest BCUT2D eigenvalue weighted by molar-refractivity contribution is 7.89. The Hall–Kier alpha value is -1.17. The number of allylic oxidation sites excluding steroid dienone is 1. The summed E-state index contributed by atoms with van der Waals surface area (Å²) in [6.45, 7) is 4.82. The smallest absolute Gasteiger partial charge is 0.211 e. The lowest BCUT2D eigenvalue weighted by Crippen LogP contribution is -2.39. The van der Waals surface area contributed by atoms with Gasteiger partial charge >= 0.3 is 0 Å². The Morgan fingerprint density at radius 3 is 3.00 bits per heavy atom. The Morgan fingerprint density at radius 1 is 1.42 bits per heavy atom. The fraction of sp³-hybridized carbons (Fsp3) is 0.429. The molecule has 0 spiro atoms. The van der Waals surface area contributed by atoms with Crippen molar-refractivity contribution in [3.8, 4) is 0 Å². The third-order valence-electron chi connectivity index (χ3n) is 3.31. The average Bonchev–Trinajstić information content (AvgIpc) is 2.43. The SMILES string of the molecule is C=CCCS(=O)(=O)NCC1NCCc2ccccc21. The van der Waals surface area contributed by atoms with Crippen LogP contribution in [0.4, 0.5) is 0 Å². The molecular formula is C14H20N2O2S. The summed E-state index contributed by atoms with van der Waals surface area (Å²) < 4.78 is 26.2. The summed E-state index contributed by atoms with van der Waals surface area (Å²) in [6.07, 6.45) is 3.09. The molecule has 1 aliphatic rings. The van der Waals surface area contributed by atoms with Crippen molar-refractivity contribution in [2.24, 2.45) is 0 Å². The number of nitrogens with one attached hydrogen (secondary N) is 2. The van der Waals surface area contributed by atoms with Crippen molar-refractivity contribution in [1.29, 1.82) is 0 Å². The van der Waals surface area contributed by atoms with Gasteiger partial charge in [0.1, 0.15) is 0 Å². The van der Waals surface area contributed by atoms with Crippen molar-refractivity contribution in [2.75, 3.05) is 18.8 Å². The molecule has 0 fully saturated rings. The van der Waals surface area contributed by atoms with Gasteiger partial charge in [-0.1, -0.05) is 30.3 Å². The first-order valence-electron chi connectivity index (χ1n) is 6.52. The third kappa shape index (κ3) is 3.89. The zero-order valence-electron chi connectivity index (χ0n) is 10.9. The molecule has 1 aromatic carbocycles. The van der Waals surface area contributed by atoms with Crippen LogP contribution < -0.4 is 10.0 Å². The van der Waals surface area contributed by atoms with E-state index in [9.17, 15) is 8.42 Å². The second kappa shape index (κ2) is 6.32. The normalized spacial score (nSPS) is 18.8. The van der Waals surface area contributed by atoms with E-state index in [1.165, 1.54) is 11.1 Å². The van der Waals surface area contributed by atoms with Crippen molar-refractivity contribution in [1.82, 2.24) is 10.0 Å². The quantitative estimate of drug-likeness (QED) is 0.774. The molecule has 0 radical (unpaired) electrons. The van der Waals surface area contributed by atoms with Gasteiger partial charge in [0.15, 0.2) is 0 Å². The van der Waals surface area contributed by atoms with Crippen LogP contribution in [0, 0.1) is 0 Å². The average molecular weight is 280 g/mol. The zero-order valence-corrected chi connectivity index (χ0v) is 11.7. The first-order chi connectivity index (χ1) is 9.12. The maximum absolute atomic E-state index is 11.8. The molecule has 19 heavy (non-hydrogen) atoms. The summed E-state index contributed by atoms with van der Waals surface area (Å²) in [4.78, 5) is 0. The monoisotopic (exact) mass is 280 g/mol. The van der Waals surface area contributed by atoms with E-state index >= 15 is 0 Å². The molecule has 0 saturated carbocycles. The highest BCUT2D eigenvalue weighted by Crippen LogP contribution is 2.21. The van der Waals surface area contributed by atoms with Crippen molar-refractivity contribution >= 4 is 10.0 Å². The standard InChI is InChI=1S/C14H20N2O2S/c1-2-3-10-19(17,18)16-11-14-13-7-5-4-6-12(13)8-9-15-14/h2,4-7,14-16H,1,3,8-11H2. The van der Waals surface area contributed by atoms with E-state index in [1.54, 1.807) is 6.08 Å². The fourth-order valence-electron chi connectivity index (χ4n) is 2.30. The Morgan fingerprint density at radius 2 is 2.21 bits per heavy atom. The predicted molar refractivity (Wildman–Crippen MR) is 77.5 cm³/mol. The summed E-state index contributed by atoms with van der Waals surface area (Å²) in [5.74, 6) is 0.102. The predicted octanol–water partition coefficient (Wildman–Crippen LogP) is 1.37. The van der Waals surface area contributed by atoms with Gasteiger partial charge in [0.25, 0.3) is 0 Å². The van der Waals surface area contributed by atoms with Crippen LogP contribution in [0.2, 0.25) is 0 Å². The molecule has 1 aliphatic heterocycles. The fourth-order valence-corrected chi connectivity index (χ4v) is 3.34. The second-order valence-electron chi connectivity index (χ2n) is 4.70. The van der Waals surface area contributed by atoms with E-state index in [4.69, 9.17) is 0 Å². The largest absolute Gasteiger partial charge is 0.308 e. The molecular weight excluding hydrogens is 260 g/mol. The first kappa shape index (κ1) is 14.2. The molecule has 2 rings (SSSR count). The van der Waals surface area contributed by atoms with Gasteiger partial charge < -0.3 is 5.32 Å². The van der Waals surface area contributed by atoms with Gasteiger partial charge in [0, 0.05) is 12.6 Å². The lowest BCUT2D eigenvalue weighted by molar-refractivity contribution is 0.491. The Kier molecular flexibility index (Phi) is 4.74. The second-order valence-corrected chi connectivity index (χ2v) is 6.63. The molecule has 1 unspecified atom stereocenters. The Bertz CT molecular complexity index is 540. The van der Waals surface area contributed by atoms with E-state index in [2.05, 4.69) is 28.8 Å². The molecule has 1 aromatic rings. The van der Waals surface area contributed by atoms with Crippen LogP contribution in [0.15, 0.2) is 36.9 Å². The molecule has 104 valence electrons. The van der Waals surface area contributed by atoms with Gasteiger partial charge in [0.05, 0.1) is 5.75 Å². The molecule has 0 aromatic heterocycles. The zero-order chi connectivity index (χ0) is 13.7. The van der Waals surface area contributed by atoms with E-state index < -0.39 is 10.0 Å². The summed E-state index contributed by atoms with van der Waals surface area (Å²) in [5.41, 5.74) is 2.50. The molecule has 4 nitrogen and oxygen atoms in total. The number of hydrogen-bond donors (Lipinski definition) is 2. The minimum atomic E-state index is -3.21. The number of sulfonamides is 1. The first-order valence-corrected chi connectivity index (χ1v) is 8.17. The Balaban J connectivity index is 2.00. The van der Waals surface area contributed by atoms with Crippen molar-refractivity contribution in [2.45, 2.75) is 18.9 Å². The van der Waals surface area contributed by atoms with E-state index in [0.29, 0.717) is 13.0 Å². The summed E-state index contributed by atoms with van der Waals surface area (Å²) in [5, 5.41) is 3.36. The van der Waals surface area contributed by atoms with E-state index in [-0.39, 0.29) is 11.8 Å². The molecule has 0 amide bonds. The highest BCUT2D eigenvalue weighted by atomic mass is 32.2. The third-order valence-corrected chi connectivity index (χ3v) is 4.69. The summed E-state index contributed by atoms with van der Waals surface area (Å²) in [6, 6.07) is 8.24. The van der Waals surface area contributed by atoms with E-state index in [1.807, 2.05) is 12.1 Å². The van der Waals surface area contributed by atoms with Gasteiger partial charge in [-0.05, 0) is 30.5 Å². The molecule has 5 heteroatoms. The van der Waals surface area contributed by atoms with Crippen molar-refractivity contribution in [3.63, 3.8) is 0 Å². The van der Waals surface area contributed by atoms with E-state index in [0.717, 1.165) is 13.0 Å². The maximum atomic E-state index is 11.8. The Labute approximate surface area is 115 Å². The van der Waals surface area contributed by atoms with Crippen molar-refractivity contribution in [3.05, 3.63) is 48.0 Å². The van der Waals surface area contributed by atoms with Crippen LogP contribution in [-0.4, -0.2) is 27.3 Å². The highest BCUT2D eigenvalue weighted by Gasteiger charge is 2.20. The minimum absolute atomic E-state index is 0.0588. The topological polar surface area (TPSA) is 58.2 Å². The van der Waals surface area contributed by atoms with Crippen LogP contribution in [0.3, 0.4) is 0 Å². The van der Waals surface area contributed by atoms with Crippen LogP contribution >= 0.6 is 0 Å². The molecule has 1 atom stereocenters. The summed E-state index contributed by atoms with van der Waals surface area (Å²) in [7, 11) is -3.21. The van der Waals surface area contributed by atoms with Crippen LogP contribution in [0.5, 0.6) is 0 Å². The molecule has 0 aliphatic carbocycles. The van der Waals surface area contributed by atoms with Gasteiger partial charge in [-0.15, -0.1) is 6.58 Å². The van der Waals surface area contributed by atoms with Crippen molar-refractivity contribution < 1.29 is 8.42 Å². The number of hydrogen-bond acceptors (Lipinski definition) is 3. The van der Waals surface area contributed by atoms with Crippen LogP contribution in [0.1, 0.15) is 23.6 Å². The molecule has 2 N–H and O–H groups in total. The molecule has 0 bridgehead atoms.